The molecular weight excluding hydrogens is 256 g/mol. The fraction of sp³-hybridized carbons (Fsp3) is 0.500. The van der Waals surface area contributed by atoms with E-state index < -0.39 is 6.29 Å². The Morgan fingerprint density at radius 2 is 2.11 bits per heavy atom. The lowest BCUT2D eigenvalue weighted by atomic mass is 10.2. The highest BCUT2D eigenvalue weighted by molar-refractivity contribution is 6.30. The molecule has 0 spiro atoms. The highest BCUT2D eigenvalue weighted by atomic mass is 35.5. The first-order valence-corrected chi connectivity index (χ1v) is 6.10. The zero-order valence-corrected chi connectivity index (χ0v) is 11.2. The molecule has 1 aliphatic rings. The van der Waals surface area contributed by atoms with Crippen molar-refractivity contribution < 1.29 is 14.2 Å². The van der Waals surface area contributed by atoms with Gasteiger partial charge in [0, 0.05) is 0 Å². The molecule has 1 aliphatic heterocycles. The first-order valence-electron chi connectivity index (χ1n) is 5.72. The second kappa shape index (κ2) is 5.65. The molecule has 6 heteroatoms. The number of nitrogens with zero attached hydrogens (tertiary/aromatic N) is 2. The van der Waals surface area contributed by atoms with Gasteiger partial charge in [-0.2, -0.15) is 0 Å². The fourth-order valence-electron chi connectivity index (χ4n) is 1.74. The summed E-state index contributed by atoms with van der Waals surface area (Å²) in [5.74, 6) is 0.997. The first-order chi connectivity index (χ1) is 8.63. The van der Waals surface area contributed by atoms with Gasteiger partial charge < -0.3 is 14.2 Å². The molecule has 98 valence electrons. The first kappa shape index (κ1) is 13.3. The molecule has 1 saturated heterocycles. The lowest BCUT2D eigenvalue weighted by Gasteiger charge is -2.16. The average Bonchev–Trinajstić information content (AvgIpc) is 2.81. The van der Waals surface area contributed by atoms with E-state index in [1.54, 1.807) is 6.92 Å². The highest BCUT2D eigenvalue weighted by Crippen LogP contribution is 2.33. The van der Waals surface area contributed by atoms with Crippen molar-refractivity contribution in [2.24, 2.45) is 0 Å². The van der Waals surface area contributed by atoms with Crippen molar-refractivity contribution in [3.63, 3.8) is 0 Å². The van der Waals surface area contributed by atoms with E-state index in [4.69, 9.17) is 25.8 Å². The van der Waals surface area contributed by atoms with E-state index >= 15 is 0 Å². The molecule has 0 radical (unpaired) electrons. The summed E-state index contributed by atoms with van der Waals surface area (Å²) in [6.45, 7) is 9.04. The smallest absolute Gasteiger partial charge is 0.189 e. The number of aromatic nitrogens is 2. The summed E-state index contributed by atoms with van der Waals surface area (Å²) < 4.78 is 16.3. The van der Waals surface area contributed by atoms with Gasteiger partial charge in [0.15, 0.2) is 6.29 Å². The summed E-state index contributed by atoms with van der Waals surface area (Å²) in [4.78, 5) is 8.44. The van der Waals surface area contributed by atoms with Crippen LogP contribution in [0.25, 0.3) is 5.76 Å². The summed E-state index contributed by atoms with van der Waals surface area (Å²) in [7, 11) is 0. The van der Waals surface area contributed by atoms with Gasteiger partial charge in [0.2, 0.25) is 0 Å². The van der Waals surface area contributed by atoms with Crippen LogP contribution in [0.5, 0.6) is 0 Å². The summed E-state index contributed by atoms with van der Waals surface area (Å²) in [6.07, 6.45) is -0.551. The Bertz CT molecular complexity index is 459. The third-order valence-electron chi connectivity index (χ3n) is 2.45. The van der Waals surface area contributed by atoms with E-state index in [1.807, 2.05) is 6.92 Å². The van der Waals surface area contributed by atoms with Gasteiger partial charge in [-0.3, -0.25) is 0 Å². The van der Waals surface area contributed by atoms with E-state index in [2.05, 4.69) is 16.5 Å². The van der Waals surface area contributed by atoms with Crippen LogP contribution >= 0.6 is 11.6 Å². The van der Waals surface area contributed by atoms with Gasteiger partial charge in [-0.1, -0.05) is 18.2 Å². The Balaban J connectivity index is 2.44. The van der Waals surface area contributed by atoms with Gasteiger partial charge >= 0.3 is 0 Å². The van der Waals surface area contributed by atoms with Crippen LogP contribution in [0.4, 0.5) is 0 Å². The van der Waals surface area contributed by atoms with Crippen molar-refractivity contribution in [1.82, 2.24) is 9.97 Å². The van der Waals surface area contributed by atoms with Crippen molar-refractivity contribution in [2.75, 3.05) is 19.8 Å². The Morgan fingerprint density at radius 1 is 1.44 bits per heavy atom. The number of rotatable bonds is 4. The minimum Gasteiger partial charge on any atom is -0.492 e. The monoisotopic (exact) mass is 270 g/mol. The standard InChI is InChI=1S/C12H15ClN2O3/c1-4-16-7(2)10-9(12-17-5-6-18-12)11(13)15-8(3)14-10/h12H,2,4-6H2,1,3H3. The molecule has 0 bridgehead atoms. The fourth-order valence-corrected chi connectivity index (χ4v) is 2.04. The Labute approximate surface area is 111 Å². The van der Waals surface area contributed by atoms with Crippen molar-refractivity contribution in [3.05, 3.63) is 28.8 Å². The summed E-state index contributed by atoms with van der Waals surface area (Å²) >= 11 is 6.15. The van der Waals surface area contributed by atoms with Crippen LogP contribution < -0.4 is 0 Å². The van der Waals surface area contributed by atoms with Crippen LogP contribution in [0.3, 0.4) is 0 Å². The minimum absolute atomic E-state index is 0.310. The van der Waals surface area contributed by atoms with Gasteiger partial charge in [0.1, 0.15) is 22.4 Å². The summed E-state index contributed by atoms with van der Waals surface area (Å²) in [5.41, 5.74) is 1.12. The van der Waals surface area contributed by atoms with Crippen LogP contribution in [0, 0.1) is 6.92 Å². The molecule has 1 aromatic heterocycles. The Kier molecular flexibility index (Phi) is 4.16. The van der Waals surface area contributed by atoms with Gasteiger partial charge in [-0.05, 0) is 13.8 Å². The molecule has 5 nitrogen and oxygen atoms in total. The molecule has 0 atom stereocenters. The molecule has 18 heavy (non-hydrogen) atoms. The minimum atomic E-state index is -0.551. The SMILES string of the molecule is C=C(OCC)c1nc(C)nc(Cl)c1C1OCCO1. The molecule has 0 aromatic carbocycles. The number of halogens is 1. The zero-order chi connectivity index (χ0) is 13.1. The Hall–Kier alpha value is -1.17. The topological polar surface area (TPSA) is 53.5 Å². The molecule has 0 amide bonds. The molecule has 0 aliphatic carbocycles. The molecule has 1 fully saturated rings. The van der Waals surface area contributed by atoms with Crippen LogP contribution in [0.2, 0.25) is 5.15 Å². The third kappa shape index (κ3) is 2.63. The number of hydrogen-bond donors (Lipinski definition) is 0. The summed E-state index contributed by atoms with van der Waals surface area (Å²) in [6, 6.07) is 0. The van der Waals surface area contributed by atoms with E-state index in [0.717, 1.165) is 0 Å². The van der Waals surface area contributed by atoms with Crippen LogP contribution in [-0.2, 0) is 14.2 Å². The Morgan fingerprint density at radius 3 is 2.72 bits per heavy atom. The molecule has 2 rings (SSSR count). The third-order valence-corrected chi connectivity index (χ3v) is 2.74. The normalized spacial score (nSPS) is 15.9. The van der Waals surface area contributed by atoms with Crippen LogP contribution in [0.1, 0.15) is 30.3 Å². The van der Waals surface area contributed by atoms with Crippen LogP contribution in [0.15, 0.2) is 6.58 Å². The van der Waals surface area contributed by atoms with Gasteiger partial charge in [-0.25, -0.2) is 9.97 Å². The molecular formula is C12H15ClN2O3. The van der Waals surface area contributed by atoms with E-state index in [-0.39, 0.29) is 0 Å². The maximum atomic E-state index is 6.15. The number of hydrogen-bond acceptors (Lipinski definition) is 5. The van der Waals surface area contributed by atoms with Gasteiger partial charge in [-0.15, -0.1) is 0 Å². The molecule has 0 unspecified atom stereocenters. The van der Waals surface area contributed by atoms with Crippen molar-refractivity contribution in [1.29, 1.82) is 0 Å². The van der Waals surface area contributed by atoms with Crippen molar-refractivity contribution in [3.8, 4) is 0 Å². The average molecular weight is 271 g/mol. The quantitative estimate of drug-likeness (QED) is 0.621. The van der Waals surface area contributed by atoms with Crippen LogP contribution in [-0.4, -0.2) is 29.8 Å². The van der Waals surface area contributed by atoms with Crippen molar-refractivity contribution >= 4 is 17.4 Å². The molecule has 0 N–H and O–H groups in total. The van der Waals surface area contributed by atoms with E-state index in [0.29, 0.717) is 47.8 Å². The number of ether oxygens (including phenoxy) is 3. The lowest BCUT2D eigenvalue weighted by Crippen LogP contribution is -2.10. The highest BCUT2D eigenvalue weighted by Gasteiger charge is 2.27. The maximum absolute atomic E-state index is 6.15. The maximum Gasteiger partial charge on any atom is 0.189 e. The predicted molar refractivity (Wildman–Crippen MR) is 67.1 cm³/mol. The molecule has 0 saturated carbocycles. The van der Waals surface area contributed by atoms with Gasteiger partial charge in [0.05, 0.1) is 25.4 Å². The number of aryl methyl sites for hydroxylation is 1. The predicted octanol–water partition coefficient (Wildman–Crippen LogP) is 2.49. The molecule has 2 heterocycles. The van der Waals surface area contributed by atoms with Gasteiger partial charge in [0.25, 0.3) is 0 Å². The second-order valence-corrected chi connectivity index (χ2v) is 4.11. The lowest BCUT2D eigenvalue weighted by molar-refractivity contribution is -0.0449. The second-order valence-electron chi connectivity index (χ2n) is 3.75. The zero-order valence-electron chi connectivity index (χ0n) is 10.4. The van der Waals surface area contributed by atoms with E-state index in [9.17, 15) is 0 Å². The summed E-state index contributed by atoms with van der Waals surface area (Å²) in [5, 5.41) is 0.310. The molecule has 1 aromatic rings. The van der Waals surface area contributed by atoms with Crippen molar-refractivity contribution in [2.45, 2.75) is 20.1 Å². The largest absolute Gasteiger partial charge is 0.492 e. The van der Waals surface area contributed by atoms with E-state index in [1.165, 1.54) is 0 Å².